The van der Waals surface area contributed by atoms with Crippen LogP contribution in [0.4, 0.5) is 4.39 Å². The van der Waals surface area contributed by atoms with Gasteiger partial charge < -0.3 is 5.32 Å². The third-order valence-electron chi connectivity index (χ3n) is 2.92. The molecule has 0 amide bonds. The third kappa shape index (κ3) is 4.43. The monoisotopic (exact) mass is 280 g/mol. The van der Waals surface area contributed by atoms with Crippen LogP contribution in [0.15, 0.2) is 30.3 Å². The molecule has 2 nitrogen and oxygen atoms in total. The molecule has 0 spiro atoms. The van der Waals surface area contributed by atoms with Crippen molar-refractivity contribution in [2.75, 3.05) is 32.9 Å². The lowest BCUT2D eigenvalue weighted by Gasteiger charge is -2.33. The van der Waals surface area contributed by atoms with Crippen molar-refractivity contribution in [1.29, 1.82) is 0 Å². The summed E-state index contributed by atoms with van der Waals surface area (Å²) in [6.07, 6.45) is 0. The van der Waals surface area contributed by atoms with Gasteiger partial charge in [-0.15, -0.1) is 24.8 Å². The maximum atomic E-state index is 13.1. The number of piperazine rings is 1. The summed E-state index contributed by atoms with van der Waals surface area (Å²) in [5.74, 6) is 0. The summed E-state index contributed by atoms with van der Waals surface area (Å²) in [5.41, 5.74) is 1.09. The molecule has 2 rings (SSSR count). The zero-order chi connectivity index (χ0) is 10.5. The minimum atomic E-state index is -0.302. The molecule has 1 N–H and O–H groups in total. The fraction of sp³-hybridized carbons (Fsp3) is 0.500. The van der Waals surface area contributed by atoms with Crippen molar-refractivity contribution >= 4 is 24.8 Å². The van der Waals surface area contributed by atoms with Crippen LogP contribution in [0.3, 0.4) is 0 Å². The molecule has 5 heteroatoms. The molecule has 1 aliphatic heterocycles. The minimum Gasteiger partial charge on any atom is -0.314 e. The van der Waals surface area contributed by atoms with Gasteiger partial charge >= 0.3 is 0 Å². The molecule has 1 aliphatic rings. The van der Waals surface area contributed by atoms with Crippen LogP contribution in [0.2, 0.25) is 0 Å². The Hall–Kier alpha value is -0.350. The quantitative estimate of drug-likeness (QED) is 0.915. The molecule has 0 unspecified atom stereocenters. The highest BCUT2D eigenvalue weighted by atomic mass is 35.5. The van der Waals surface area contributed by atoms with E-state index in [1.165, 1.54) is 0 Å². The lowest BCUT2D eigenvalue weighted by molar-refractivity contribution is 0.147. The van der Waals surface area contributed by atoms with Crippen LogP contribution in [0.1, 0.15) is 11.6 Å². The van der Waals surface area contributed by atoms with Crippen molar-refractivity contribution < 1.29 is 4.39 Å². The smallest absolute Gasteiger partial charge is 0.109 e. The molecule has 0 bridgehead atoms. The number of benzene rings is 1. The number of nitrogens with one attached hydrogen (secondary N) is 1. The molecule has 0 saturated carbocycles. The van der Waals surface area contributed by atoms with E-state index in [2.05, 4.69) is 10.2 Å². The molecule has 1 heterocycles. The van der Waals surface area contributed by atoms with Gasteiger partial charge in [0.2, 0.25) is 0 Å². The molecule has 1 atom stereocenters. The molecular formula is C12H19Cl2FN2. The molecular weight excluding hydrogens is 262 g/mol. The first-order valence-electron chi connectivity index (χ1n) is 5.47. The summed E-state index contributed by atoms with van der Waals surface area (Å²) in [5, 5.41) is 3.28. The number of nitrogens with zero attached hydrogens (tertiary/aromatic N) is 1. The summed E-state index contributed by atoms with van der Waals surface area (Å²) in [4.78, 5) is 2.21. The van der Waals surface area contributed by atoms with Crippen LogP contribution in [-0.4, -0.2) is 37.8 Å². The summed E-state index contributed by atoms with van der Waals surface area (Å²) in [6.45, 7) is 3.49. The van der Waals surface area contributed by atoms with E-state index in [-0.39, 0.29) is 37.5 Å². The van der Waals surface area contributed by atoms with Gasteiger partial charge in [0.15, 0.2) is 0 Å². The van der Waals surface area contributed by atoms with E-state index < -0.39 is 0 Å². The highest BCUT2D eigenvalue weighted by Crippen LogP contribution is 2.21. The molecule has 0 radical (unpaired) electrons. The second-order valence-corrected chi connectivity index (χ2v) is 3.87. The zero-order valence-corrected chi connectivity index (χ0v) is 11.3. The SMILES string of the molecule is Cl.Cl.FC[C@H](c1ccccc1)N1CCNCC1. The number of hydrogen-bond acceptors (Lipinski definition) is 2. The Morgan fingerprint density at radius 1 is 1.12 bits per heavy atom. The predicted molar refractivity (Wildman–Crippen MR) is 74.1 cm³/mol. The van der Waals surface area contributed by atoms with E-state index in [9.17, 15) is 4.39 Å². The van der Waals surface area contributed by atoms with Crippen LogP contribution >= 0.6 is 24.8 Å². The van der Waals surface area contributed by atoms with E-state index in [1.807, 2.05) is 30.3 Å². The second-order valence-electron chi connectivity index (χ2n) is 3.87. The molecule has 1 fully saturated rings. The van der Waals surface area contributed by atoms with E-state index in [4.69, 9.17) is 0 Å². The Kier molecular flexibility index (Phi) is 8.52. The second kappa shape index (κ2) is 8.70. The van der Waals surface area contributed by atoms with Crippen molar-refractivity contribution in [3.05, 3.63) is 35.9 Å². The fourth-order valence-electron chi connectivity index (χ4n) is 2.07. The van der Waals surface area contributed by atoms with Gasteiger partial charge in [-0.2, -0.15) is 0 Å². The molecule has 17 heavy (non-hydrogen) atoms. The average molecular weight is 281 g/mol. The van der Waals surface area contributed by atoms with Gasteiger partial charge in [-0.1, -0.05) is 30.3 Å². The van der Waals surface area contributed by atoms with Gasteiger partial charge in [0.25, 0.3) is 0 Å². The maximum absolute atomic E-state index is 13.1. The van der Waals surface area contributed by atoms with Gasteiger partial charge in [0.05, 0.1) is 6.04 Å². The Morgan fingerprint density at radius 3 is 2.24 bits per heavy atom. The van der Waals surface area contributed by atoms with E-state index >= 15 is 0 Å². The predicted octanol–water partition coefficient (Wildman–Crippen LogP) is 2.45. The van der Waals surface area contributed by atoms with Crippen LogP contribution in [0, 0.1) is 0 Å². The minimum absolute atomic E-state index is 0. The zero-order valence-electron chi connectivity index (χ0n) is 9.64. The number of rotatable bonds is 3. The Bertz CT molecular complexity index is 292. The van der Waals surface area contributed by atoms with Gasteiger partial charge in [0, 0.05) is 26.2 Å². The van der Waals surface area contributed by atoms with E-state index in [0.29, 0.717) is 0 Å². The first-order valence-corrected chi connectivity index (χ1v) is 5.47. The van der Waals surface area contributed by atoms with Gasteiger partial charge in [-0.05, 0) is 5.56 Å². The molecule has 0 aliphatic carbocycles. The summed E-state index contributed by atoms with van der Waals surface area (Å²) in [7, 11) is 0. The summed E-state index contributed by atoms with van der Waals surface area (Å²) in [6, 6.07) is 9.86. The summed E-state index contributed by atoms with van der Waals surface area (Å²) >= 11 is 0. The average Bonchev–Trinajstić information content (AvgIpc) is 2.33. The Morgan fingerprint density at radius 2 is 1.71 bits per heavy atom. The molecule has 1 aromatic carbocycles. The Balaban J connectivity index is 0.00000128. The van der Waals surface area contributed by atoms with Crippen molar-refractivity contribution in [2.24, 2.45) is 0 Å². The largest absolute Gasteiger partial charge is 0.314 e. The number of hydrogen-bond donors (Lipinski definition) is 1. The van der Waals surface area contributed by atoms with Gasteiger partial charge in [-0.25, -0.2) is 4.39 Å². The lowest BCUT2D eigenvalue weighted by atomic mass is 10.1. The highest BCUT2D eigenvalue weighted by Gasteiger charge is 2.21. The molecule has 98 valence electrons. The lowest BCUT2D eigenvalue weighted by Crippen LogP contribution is -2.45. The maximum Gasteiger partial charge on any atom is 0.109 e. The molecule has 1 saturated heterocycles. The molecule has 0 aromatic heterocycles. The topological polar surface area (TPSA) is 15.3 Å². The van der Waals surface area contributed by atoms with Crippen LogP contribution in [0.5, 0.6) is 0 Å². The fourth-order valence-corrected chi connectivity index (χ4v) is 2.07. The standard InChI is InChI=1S/C12H17FN2.2ClH/c13-10-12(11-4-2-1-3-5-11)15-8-6-14-7-9-15;;/h1-5,12,14H,6-10H2;2*1H/t12-;;/m1../s1. The third-order valence-corrected chi connectivity index (χ3v) is 2.92. The first-order chi connectivity index (χ1) is 7.42. The number of halogens is 3. The highest BCUT2D eigenvalue weighted by molar-refractivity contribution is 5.85. The van der Waals surface area contributed by atoms with Crippen LogP contribution in [0.25, 0.3) is 0 Å². The summed E-state index contributed by atoms with van der Waals surface area (Å²) < 4.78 is 13.1. The van der Waals surface area contributed by atoms with E-state index in [1.54, 1.807) is 0 Å². The van der Waals surface area contributed by atoms with Crippen molar-refractivity contribution in [2.45, 2.75) is 6.04 Å². The van der Waals surface area contributed by atoms with Crippen LogP contribution < -0.4 is 5.32 Å². The first kappa shape index (κ1) is 16.6. The normalized spacial score (nSPS) is 17.7. The van der Waals surface area contributed by atoms with Gasteiger partial charge in [0.1, 0.15) is 6.67 Å². The van der Waals surface area contributed by atoms with E-state index in [0.717, 1.165) is 31.7 Å². The van der Waals surface area contributed by atoms with Crippen LogP contribution in [-0.2, 0) is 0 Å². The van der Waals surface area contributed by atoms with Crippen molar-refractivity contribution in [1.82, 2.24) is 10.2 Å². The molecule has 1 aromatic rings. The van der Waals surface area contributed by atoms with Crippen molar-refractivity contribution in [3.8, 4) is 0 Å². The Labute approximate surface area is 114 Å². The number of alkyl halides is 1. The van der Waals surface area contributed by atoms with Gasteiger partial charge in [-0.3, -0.25) is 4.90 Å². The van der Waals surface area contributed by atoms with Crippen molar-refractivity contribution in [3.63, 3.8) is 0 Å².